The molecule has 2 rings (SSSR count). The summed E-state index contributed by atoms with van der Waals surface area (Å²) in [5.74, 6) is 0.566. The molecule has 5 nitrogen and oxygen atoms in total. The molecule has 0 bridgehead atoms. The van der Waals surface area contributed by atoms with Crippen LogP contribution >= 0.6 is 23.2 Å². The second-order valence-corrected chi connectivity index (χ2v) is 4.23. The number of halogens is 2. The number of benzene rings is 1. The standard InChI is InChI=1S/C10H10Cl2N4O/c11-7-2-1-6(5-8(7)12)16-9(3-4-13)14-15-10(16)17/h1-2,5H,3-4,13H2,(H,15,17). The van der Waals surface area contributed by atoms with Crippen LogP contribution in [-0.4, -0.2) is 21.3 Å². The maximum Gasteiger partial charge on any atom is 0.347 e. The van der Waals surface area contributed by atoms with Crippen molar-refractivity contribution in [2.45, 2.75) is 6.42 Å². The van der Waals surface area contributed by atoms with E-state index in [1.54, 1.807) is 18.2 Å². The Morgan fingerprint density at radius 3 is 2.76 bits per heavy atom. The number of nitrogens with two attached hydrogens (primary N) is 1. The van der Waals surface area contributed by atoms with E-state index in [4.69, 9.17) is 28.9 Å². The molecule has 1 aromatic heterocycles. The van der Waals surface area contributed by atoms with E-state index < -0.39 is 0 Å². The van der Waals surface area contributed by atoms with E-state index in [0.29, 0.717) is 34.5 Å². The molecule has 0 aliphatic heterocycles. The second kappa shape index (κ2) is 4.91. The molecule has 0 radical (unpaired) electrons. The molecule has 0 unspecified atom stereocenters. The van der Waals surface area contributed by atoms with Gasteiger partial charge < -0.3 is 5.73 Å². The van der Waals surface area contributed by atoms with Crippen molar-refractivity contribution in [2.75, 3.05) is 6.54 Å². The van der Waals surface area contributed by atoms with Crippen molar-refractivity contribution in [3.8, 4) is 5.69 Å². The number of hydrogen-bond acceptors (Lipinski definition) is 3. The van der Waals surface area contributed by atoms with Crippen molar-refractivity contribution in [3.05, 3.63) is 44.6 Å². The third-order valence-electron chi connectivity index (χ3n) is 2.27. The molecule has 7 heteroatoms. The van der Waals surface area contributed by atoms with Crippen molar-refractivity contribution >= 4 is 23.2 Å². The summed E-state index contributed by atoms with van der Waals surface area (Å²) in [5, 5.41) is 7.11. The first kappa shape index (κ1) is 12.2. The second-order valence-electron chi connectivity index (χ2n) is 3.42. The lowest BCUT2D eigenvalue weighted by atomic mass is 10.3. The van der Waals surface area contributed by atoms with Crippen LogP contribution in [0.5, 0.6) is 0 Å². The first-order valence-corrected chi connectivity index (χ1v) is 5.71. The van der Waals surface area contributed by atoms with Crippen LogP contribution in [0, 0.1) is 0 Å². The Bertz CT molecular complexity index is 590. The number of nitrogens with one attached hydrogen (secondary N) is 1. The molecule has 0 atom stereocenters. The zero-order chi connectivity index (χ0) is 12.4. The van der Waals surface area contributed by atoms with Gasteiger partial charge in [0.1, 0.15) is 5.82 Å². The fraction of sp³-hybridized carbons (Fsp3) is 0.200. The Morgan fingerprint density at radius 1 is 1.35 bits per heavy atom. The summed E-state index contributed by atoms with van der Waals surface area (Å²) < 4.78 is 1.43. The van der Waals surface area contributed by atoms with Gasteiger partial charge in [-0.05, 0) is 24.7 Å². The number of aromatic nitrogens is 3. The topological polar surface area (TPSA) is 76.7 Å². The molecule has 1 heterocycles. The van der Waals surface area contributed by atoms with Crippen LogP contribution in [0.3, 0.4) is 0 Å². The number of aromatic amines is 1. The highest BCUT2D eigenvalue weighted by molar-refractivity contribution is 6.42. The van der Waals surface area contributed by atoms with Crippen LogP contribution in [-0.2, 0) is 6.42 Å². The van der Waals surface area contributed by atoms with Crippen LogP contribution in [0.25, 0.3) is 5.69 Å². The van der Waals surface area contributed by atoms with Gasteiger partial charge in [0.15, 0.2) is 0 Å². The number of rotatable bonds is 3. The predicted molar refractivity (Wildman–Crippen MR) is 67.0 cm³/mol. The van der Waals surface area contributed by atoms with Crippen LogP contribution in [0.1, 0.15) is 5.82 Å². The lowest BCUT2D eigenvalue weighted by Gasteiger charge is -2.05. The van der Waals surface area contributed by atoms with E-state index in [9.17, 15) is 4.79 Å². The summed E-state index contributed by atoms with van der Waals surface area (Å²) in [4.78, 5) is 11.6. The van der Waals surface area contributed by atoms with Crippen molar-refractivity contribution < 1.29 is 0 Å². The maximum absolute atomic E-state index is 11.6. The highest BCUT2D eigenvalue weighted by atomic mass is 35.5. The molecule has 3 N–H and O–H groups in total. The monoisotopic (exact) mass is 272 g/mol. The molecule has 17 heavy (non-hydrogen) atoms. The summed E-state index contributed by atoms with van der Waals surface area (Å²) in [7, 11) is 0. The molecule has 0 aliphatic carbocycles. The fourth-order valence-electron chi connectivity index (χ4n) is 1.52. The van der Waals surface area contributed by atoms with Gasteiger partial charge in [-0.25, -0.2) is 14.5 Å². The van der Waals surface area contributed by atoms with Gasteiger partial charge in [0.05, 0.1) is 15.7 Å². The molecule has 0 spiro atoms. The summed E-state index contributed by atoms with van der Waals surface area (Å²) in [6.07, 6.45) is 0.499. The number of hydrogen-bond donors (Lipinski definition) is 2. The van der Waals surface area contributed by atoms with Crippen LogP contribution in [0.2, 0.25) is 10.0 Å². The Kier molecular flexibility index (Phi) is 3.51. The van der Waals surface area contributed by atoms with Crippen molar-refractivity contribution in [1.82, 2.24) is 14.8 Å². The fourth-order valence-corrected chi connectivity index (χ4v) is 1.81. The predicted octanol–water partition coefficient (Wildman–Crippen LogP) is 1.37. The summed E-state index contributed by atoms with van der Waals surface area (Å²) in [5.41, 5.74) is 5.74. The zero-order valence-electron chi connectivity index (χ0n) is 8.78. The highest BCUT2D eigenvalue weighted by Gasteiger charge is 2.10. The van der Waals surface area contributed by atoms with Crippen LogP contribution in [0.15, 0.2) is 23.0 Å². The van der Waals surface area contributed by atoms with Gasteiger partial charge in [-0.15, -0.1) is 0 Å². The van der Waals surface area contributed by atoms with E-state index in [1.807, 2.05) is 0 Å². The first-order chi connectivity index (χ1) is 8.13. The number of nitrogens with zero attached hydrogens (tertiary/aromatic N) is 2. The molecule has 0 saturated heterocycles. The molecule has 2 aromatic rings. The van der Waals surface area contributed by atoms with Crippen molar-refractivity contribution in [1.29, 1.82) is 0 Å². The zero-order valence-corrected chi connectivity index (χ0v) is 10.3. The molecule has 0 saturated carbocycles. The SMILES string of the molecule is NCCc1n[nH]c(=O)n1-c1ccc(Cl)c(Cl)c1. The van der Waals surface area contributed by atoms with E-state index in [0.717, 1.165) is 0 Å². The minimum Gasteiger partial charge on any atom is -0.330 e. The van der Waals surface area contributed by atoms with E-state index >= 15 is 0 Å². The quantitative estimate of drug-likeness (QED) is 0.886. The molecule has 0 amide bonds. The minimum absolute atomic E-state index is 0.327. The first-order valence-electron chi connectivity index (χ1n) is 4.95. The summed E-state index contributed by atoms with van der Waals surface area (Å²) in [6.45, 7) is 0.408. The van der Waals surface area contributed by atoms with Gasteiger partial charge in [-0.3, -0.25) is 0 Å². The van der Waals surface area contributed by atoms with Gasteiger partial charge in [0.25, 0.3) is 0 Å². The third kappa shape index (κ3) is 2.36. The third-order valence-corrected chi connectivity index (χ3v) is 3.01. The van der Waals surface area contributed by atoms with Gasteiger partial charge in [0, 0.05) is 6.42 Å². The van der Waals surface area contributed by atoms with Gasteiger partial charge >= 0.3 is 5.69 Å². The molecule has 0 fully saturated rings. The average molecular weight is 273 g/mol. The summed E-state index contributed by atoms with van der Waals surface area (Å²) >= 11 is 11.7. The highest BCUT2D eigenvalue weighted by Crippen LogP contribution is 2.24. The van der Waals surface area contributed by atoms with Gasteiger partial charge in [-0.2, -0.15) is 5.10 Å². The molecular weight excluding hydrogens is 263 g/mol. The normalized spacial score (nSPS) is 10.8. The van der Waals surface area contributed by atoms with E-state index in [2.05, 4.69) is 10.2 Å². The minimum atomic E-state index is -0.327. The average Bonchev–Trinajstić information content (AvgIpc) is 2.65. The lowest BCUT2D eigenvalue weighted by molar-refractivity contribution is 0.824. The lowest BCUT2D eigenvalue weighted by Crippen LogP contribution is -2.18. The van der Waals surface area contributed by atoms with Crippen LogP contribution in [0.4, 0.5) is 0 Å². The van der Waals surface area contributed by atoms with E-state index in [1.165, 1.54) is 4.57 Å². The molecular formula is C10H10Cl2N4O. The largest absolute Gasteiger partial charge is 0.347 e. The van der Waals surface area contributed by atoms with E-state index in [-0.39, 0.29) is 5.69 Å². The molecule has 90 valence electrons. The van der Waals surface area contributed by atoms with Crippen molar-refractivity contribution in [3.63, 3.8) is 0 Å². The molecule has 1 aromatic carbocycles. The smallest absolute Gasteiger partial charge is 0.330 e. The summed E-state index contributed by atoms with van der Waals surface area (Å²) in [6, 6.07) is 4.94. The Balaban J connectivity index is 2.55. The maximum atomic E-state index is 11.6. The van der Waals surface area contributed by atoms with Crippen LogP contribution < -0.4 is 11.4 Å². The Labute approximate surface area is 107 Å². The Morgan fingerprint density at radius 2 is 2.12 bits per heavy atom. The molecule has 0 aliphatic rings. The van der Waals surface area contributed by atoms with Gasteiger partial charge in [-0.1, -0.05) is 23.2 Å². The Hall–Kier alpha value is -1.30. The van der Waals surface area contributed by atoms with Crippen molar-refractivity contribution in [2.24, 2.45) is 5.73 Å². The number of H-pyrrole nitrogens is 1. The van der Waals surface area contributed by atoms with Gasteiger partial charge in [0.2, 0.25) is 0 Å².